The first-order valence-electron chi connectivity index (χ1n) is 7.43. The topological polar surface area (TPSA) is 88.4 Å². The van der Waals surface area contributed by atoms with Crippen LogP contribution in [-0.2, 0) is 10.0 Å². The lowest BCUT2D eigenvalue weighted by molar-refractivity contribution is 0.287. The fourth-order valence-electron chi connectivity index (χ4n) is 2.07. The Morgan fingerprint density at radius 2 is 1.71 bits per heavy atom. The highest BCUT2D eigenvalue weighted by molar-refractivity contribution is 7.92. The summed E-state index contributed by atoms with van der Waals surface area (Å²) in [6, 6.07) is 12.8. The summed E-state index contributed by atoms with van der Waals surface area (Å²) in [5.41, 5.74) is 0.476. The van der Waals surface area contributed by atoms with E-state index in [1.807, 2.05) is 13.0 Å². The number of ether oxygens (including phenoxy) is 2. The van der Waals surface area contributed by atoms with Crippen LogP contribution in [0.15, 0.2) is 47.4 Å². The van der Waals surface area contributed by atoms with E-state index in [0.29, 0.717) is 24.7 Å². The number of nitriles is 1. The number of para-hydroxylation sites is 1. The Morgan fingerprint density at radius 3 is 2.38 bits per heavy atom. The number of nitrogens with one attached hydrogen (secondary N) is 1. The quantitative estimate of drug-likeness (QED) is 0.832. The highest BCUT2D eigenvalue weighted by atomic mass is 32.2. The van der Waals surface area contributed by atoms with E-state index in [2.05, 4.69) is 4.72 Å². The van der Waals surface area contributed by atoms with Crippen LogP contribution in [0, 0.1) is 11.3 Å². The van der Waals surface area contributed by atoms with Crippen LogP contribution in [-0.4, -0.2) is 21.6 Å². The molecule has 2 aromatic rings. The lowest BCUT2D eigenvalue weighted by Gasteiger charge is -2.14. The maximum atomic E-state index is 12.6. The van der Waals surface area contributed by atoms with Crippen LogP contribution >= 0.6 is 0 Å². The molecule has 2 rings (SSSR count). The van der Waals surface area contributed by atoms with Crippen molar-refractivity contribution in [1.82, 2.24) is 0 Å². The molecule has 2 aromatic carbocycles. The summed E-state index contributed by atoms with van der Waals surface area (Å²) in [6.07, 6.45) is 0. The van der Waals surface area contributed by atoms with Crippen molar-refractivity contribution in [1.29, 1.82) is 5.26 Å². The minimum Gasteiger partial charge on any atom is -0.490 e. The first-order chi connectivity index (χ1) is 11.5. The van der Waals surface area contributed by atoms with Crippen molar-refractivity contribution < 1.29 is 17.9 Å². The number of hydrogen-bond donors (Lipinski definition) is 1. The van der Waals surface area contributed by atoms with Gasteiger partial charge in [0, 0.05) is 6.07 Å². The average molecular weight is 346 g/mol. The second-order valence-corrected chi connectivity index (χ2v) is 6.42. The molecule has 24 heavy (non-hydrogen) atoms. The van der Waals surface area contributed by atoms with Crippen molar-refractivity contribution in [3.05, 3.63) is 48.0 Å². The van der Waals surface area contributed by atoms with Gasteiger partial charge in [-0.1, -0.05) is 12.1 Å². The molecule has 0 saturated carbocycles. The molecule has 7 heteroatoms. The lowest BCUT2D eigenvalue weighted by atomic mass is 10.2. The Bertz CT molecular complexity index is 857. The predicted molar refractivity (Wildman–Crippen MR) is 90.7 cm³/mol. The third-order valence-electron chi connectivity index (χ3n) is 3.12. The van der Waals surface area contributed by atoms with Crippen molar-refractivity contribution in [3.8, 4) is 17.6 Å². The third-order valence-corrected chi connectivity index (χ3v) is 4.48. The highest BCUT2D eigenvalue weighted by Crippen LogP contribution is 2.31. The number of hydrogen-bond acceptors (Lipinski definition) is 5. The fourth-order valence-corrected chi connectivity index (χ4v) is 3.17. The van der Waals surface area contributed by atoms with E-state index in [1.165, 1.54) is 18.2 Å². The monoisotopic (exact) mass is 346 g/mol. The number of benzene rings is 2. The SMILES string of the molecule is CCOc1ccc(S(=O)(=O)Nc2ccccc2C#N)cc1OCC. The van der Waals surface area contributed by atoms with Crippen LogP contribution in [0.25, 0.3) is 0 Å². The molecule has 0 amide bonds. The van der Waals surface area contributed by atoms with E-state index in [4.69, 9.17) is 14.7 Å². The van der Waals surface area contributed by atoms with Gasteiger partial charge >= 0.3 is 0 Å². The van der Waals surface area contributed by atoms with E-state index in [0.717, 1.165) is 0 Å². The van der Waals surface area contributed by atoms with Gasteiger partial charge in [0.1, 0.15) is 6.07 Å². The molecule has 1 N–H and O–H groups in total. The zero-order valence-electron chi connectivity index (χ0n) is 13.4. The second-order valence-electron chi connectivity index (χ2n) is 4.74. The van der Waals surface area contributed by atoms with Gasteiger partial charge < -0.3 is 9.47 Å². The van der Waals surface area contributed by atoms with Gasteiger partial charge in [-0.3, -0.25) is 4.72 Å². The molecule has 0 saturated heterocycles. The summed E-state index contributed by atoms with van der Waals surface area (Å²) in [7, 11) is -3.86. The van der Waals surface area contributed by atoms with E-state index < -0.39 is 10.0 Å². The molecule has 0 aliphatic carbocycles. The van der Waals surface area contributed by atoms with Crippen LogP contribution in [0.1, 0.15) is 19.4 Å². The van der Waals surface area contributed by atoms with Crippen LogP contribution in [0.3, 0.4) is 0 Å². The first kappa shape index (κ1) is 17.6. The standard InChI is InChI=1S/C17H18N2O4S/c1-3-22-16-10-9-14(11-17(16)23-4-2)24(20,21)19-15-8-6-5-7-13(15)12-18/h5-11,19H,3-4H2,1-2H3. The largest absolute Gasteiger partial charge is 0.490 e. The molecule has 0 aliphatic heterocycles. The Hall–Kier alpha value is -2.72. The van der Waals surface area contributed by atoms with Crippen molar-refractivity contribution in [2.24, 2.45) is 0 Å². The van der Waals surface area contributed by atoms with Crippen molar-refractivity contribution in [2.45, 2.75) is 18.7 Å². The summed E-state index contributed by atoms with van der Waals surface area (Å²) in [5, 5.41) is 9.07. The van der Waals surface area contributed by atoms with Crippen LogP contribution in [0.4, 0.5) is 5.69 Å². The summed E-state index contributed by atoms with van der Waals surface area (Å²) < 4.78 is 38.5. The Labute approximate surface area is 141 Å². The number of rotatable bonds is 7. The van der Waals surface area contributed by atoms with E-state index in [9.17, 15) is 8.42 Å². The van der Waals surface area contributed by atoms with Crippen molar-refractivity contribution in [3.63, 3.8) is 0 Å². The smallest absolute Gasteiger partial charge is 0.262 e. The second kappa shape index (κ2) is 7.70. The Morgan fingerprint density at radius 1 is 1.04 bits per heavy atom. The minimum atomic E-state index is -3.86. The molecule has 6 nitrogen and oxygen atoms in total. The first-order valence-corrected chi connectivity index (χ1v) is 8.91. The van der Waals surface area contributed by atoms with Gasteiger partial charge in [-0.05, 0) is 38.1 Å². The zero-order chi connectivity index (χ0) is 17.6. The third kappa shape index (κ3) is 3.97. The Balaban J connectivity index is 2.39. The molecule has 0 aliphatic rings. The van der Waals surface area contributed by atoms with Crippen molar-refractivity contribution >= 4 is 15.7 Å². The normalized spacial score (nSPS) is 10.7. The van der Waals surface area contributed by atoms with Gasteiger partial charge in [0.2, 0.25) is 0 Å². The molecule has 126 valence electrons. The average Bonchev–Trinajstić information content (AvgIpc) is 2.57. The van der Waals surface area contributed by atoms with Gasteiger partial charge in [0.15, 0.2) is 11.5 Å². The molecule has 0 atom stereocenters. The molecule has 0 radical (unpaired) electrons. The van der Waals surface area contributed by atoms with Gasteiger partial charge in [0.05, 0.1) is 29.4 Å². The van der Waals surface area contributed by atoms with Crippen LogP contribution < -0.4 is 14.2 Å². The maximum Gasteiger partial charge on any atom is 0.262 e. The minimum absolute atomic E-state index is 0.0298. The van der Waals surface area contributed by atoms with E-state index >= 15 is 0 Å². The summed E-state index contributed by atoms with van der Waals surface area (Å²) in [6.45, 7) is 4.47. The Kier molecular flexibility index (Phi) is 5.66. The maximum absolute atomic E-state index is 12.6. The highest BCUT2D eigenvalue weighted by Gasteiger charge is 2.18. The molecule has 0 aromatic heterocycles. The van der Waals surface area contributed by atoms with Gasteiger partial charge in [0.25, 0.3) is 10.0 Å². The zero-order valence-corrected chi connectivity index (χ0v) is 14.3. The van der Waals surface area contributed by atoms with Gasteiger partial charge in [-0.25, -0.2) is 8.42 Å². The number of sulfonamides is 1. The number of anilines is 1. The summed E-state index contributed by atoms with van der Waals surface area (Å²) >= 11 is 0. The van der Waals surface area contributed by atoms with E-state index in [-0.39, 0.29) is 16.1 Å². The molecule has 0 unspecified atom stereocenters. The number of nitrogens with zero attached hydrogens (tertiary/aromatic N) is 1. The predicted octanol–water partition coefficient (Wildman–Crippen LogP) is 3.16. The fraction of sp³-hybridized carbons (Fsp3) is 0.235. The summed E-state index contributed by atoms with van der Waals surface area (Å²) in [4.78, 5) is 0.0298. The van der Waals surface area contributed by atoms with Gasteiger partial charge in [-0.2, -0.15) is 5.26 Å². The van der Waals surface area contributed by atoms with Crippen molar-refractivity contribution in [2.75, 3.05) is 17.9 Å². The molecule has 0 heterocycles. The molecular weight excluding hydrogens is 328 g/mol. The van der Waals surface area contributed by atoms with E-state index in [1.54, 1.807) is 31.2 Å². The van der Waals surface area contributed by atoms with Crippen LogP contribution in [0.5, 0.6) is 11.5 Å². The summed E-state index contributed by atoms with van der Waals surface area (Å²) in [5.74, 6) is 0.839. The molecular formula is C17H18N2O4S. The van der Waals surface area contributed by atoms with Gasteiger partial charge in [-0.15, -0.1) is 0 Å². The lowest BCUT2D eigenvalue weighted by Crippen LogP contribution is -2.14. The molecule has 0 bridgehead atoms. The molecule has 0 spiro atoms. The van der Waals surface area contributed by atoms with Crippen LogP contribution in [0.2, 0.25) is 0 Å². The molecule has 0 fully saturated rings.